The number of nitrogens with one attached hydrogen (secondary N) is 1. The van der Waals surface area contributed by atoms with Gasteiger partial charge in [-0.25, -0.2) is 0 Å². The monoisotopic (exact) mass is 313 g/mol. The first-order chi connectivity index (χ1) is 11.2. The fraction of sp³-hybridized carbons (Fsp3) is 0.400. The normalized spacial score (nSPS) is 21.1. The van der Waals surface area contributed by atoms with Gasteiger partial charge in [0.15, 0.2) is 0 Å². The van der Waals surface area contributed by atoms with Gasteiger partial charge in [-0.3, -0.25) is 14.6 Å². The molecule has 1 unspecified atom stereocenters. The fourth-order valence-electron chi connectivity index (χ4n) is 2.85. The fourth-order valence-corrected chi connectivity index (χ4v) is 2.85. The number of carbonyl (C=O) groups is 2. The average molecular weight is 313 g/mol. The number of hydrogen-bond acceptors (Lipinski definition) is 6. The third-order valence-corrected chi connectivity index (χ3v) is 4.22. The Labute approximate surface area is 131 Å². The van der Waals surface area contributed by atoms with E-state index in [-0.39, 0.29) is 23.8 Å². The molecule has 0 bridgehead atoms. The molecule has 8 nitrogen and oxygen atoms in total. The van der Waals surface area contributed by atoms with E-state index in [1.54, 1.807) is 17.3 Å². The zero-order valence-corrected chi connectivity index (χ0v) is 12.3. The number of pyridine rings is 1. The molecule has 2 aliphatic heterocycles. The van der Waals surface area contributed by atoms with E-state index in [0.717, 1.165) is 5.56 Å². The molecule has 0 aliphatic carbocycles. The maximum absolute atomic E-state index is 12.2. The number of nitrogens with zero attached hydrogens (tertiary/aromatic N) is 4. The van der Waals surface area contributed by atoms with Crippen molar-refractivity contribution in [2.45, 2.75) is 24.8 Å². The average Bonchev–Trinajstić information content (AvgIpc) is 3.16. The van der Waals surface area contributed by atoms with Gasteiger partial charge in [-0.05, 0) is 18.6 Å². The van der Waals surface area contributed by atoms with Crippen LogP contribution in [0.1, 0.15) is 24.7 Å². The molecule has 1 N–H and O–H groups in total. The summed E-state index contributed by atoms with van der Waals surface area (Å²) >= 11 is 0. The number of carbonyl (C=O) groups excluding carboxylic acids is 2. The van der Waals surface area contributed by atoms with E-state index in [9.17, 15) is 9.59 Å². The lowest BCUT2D eigenvalue weighted by molar-refractivity contribution is -0.138. The zero-order valence-electron chi connectivity index (χ0n) is 12.3. The lowest BCUT2D eigenvalue weighted by atomic mass is 9.98. The minimum atomic E-state index is -0.376. The Morgan fingerprint density at radius 3 is 2.78 bits per heavy atom. The Morgan fingerprint density at radius 1 is 1.30 bits per heavy atom. The summed E-state index contributed by atoms with van der Waals surface area (Å²) in [7, 11) is 0. The molecule has 2 aromatic rings. The van der Waals surface area contributed by atoms with E-state index in [2.05, 4.69) is 20.4 Å². The summed E-state index contributed by atoms with van der Waals surface area (Å²) in [6, 6.07) is 3.25. The van der Waals surface area contributed by atoms with Gasteiger partial charge in [-0.15, -0.1) is 0 Å². The van der Waals surface area contributed by atoms with Crippen LogP contribution in [0, 0.1) is 0 Å². The first kappa shape index (κ1) is 13.9. The maximum Gasteiger partial charge on any atom is 0.245 e. The van der Waals surface area contributed by atoms with Crippen LogP contribution in [0.4, 0.5) is 0 Å². The molecule has 0 saturated carbocycles. The molecule has 4 rings (SSSR count). The van der Waals surface area contributed by atoms with Crippen LogP contribution in [0.5, 0.6) is 0 Å². The number of hydrogen-bond donors (Lipinski definition) is 1. The molecule has 8 heteroatoms. The molecule has 23 heavy (non-hydrogen) atoms. The van der Waals surface area contributed by atoms with Crippen LogP contribution in [0.2, 0.25) is 0 Å². The van der Waals surface area contributed by atoms with E-state index >= 15 is 0 Å². The Hall–Kier alpha value is -2.77. The molecule has 1 atom stereocenters. The SMILES string of the molecule is O=C1CCC(C(=O)N2CC(c3nc(-c4ccncc4)no3)C2)N1. The maximum atomic E-state index is 12.2. The zero-order chi connectivity index (χ0) is 15.8. The Kier molecular flexibility index (Phi) is 3.29. The molecular formula is C15H15N5O3. The Morgan fingerprint density at radius 2 is 2.09 bits per heavy atom. The molecular weight excluding hydrogens is 298 g/mol. The highest BCUT2D eigenvalue weighted by Gasteiger charge is 2.40. The molecule has 4 heterocycles. The van der Waals surface area contributed by atoms with Gasteiger partial charge in [-0.1, -0.05) is 5.16 Å². The lowest BCUT2D eigenvalue weighted by Gasteiger charge is -2.38. The third kappa shape index (κ3) is 2.56. The van der Waals surface area contributed by atoms with Crippen molar-refractivity contribution in [2.24, 2.45) is 0 Å². The topological polar surface area (TPSA) is 101 Å². The Balaban J connectivity index is 1.38. The molecule has 0 aromatic carbocycles. The van der Waals surface area contributed by atoms with Crippen molar-refractivity contribution < 1.29 is 14.1 Å². The number of rotatable bonds is 3. The van der Waals surface area contributed by atoms with Crippen LogP contribution >= 0.6 is 0 Å². The summed E-state index contributed by atoms with van der Waals surface area (Å²) in [5.74, 6) is 1.03. The van der Waals surface area contributed by atoms with Gasteiger partial charge >= 0.3 is 0 Å². The largest absolute Gasteiger partial charge is 0.344 e. The Bertz CT molecular complexity index is 739. The quantitative estimate of drug-likeness (QED) is 0.876. The van der Waals surface area contributed by atoms with Crippen molar-refractivity contribution in [2.75, 3.05) is 13.1 Å². The summed E-state index contributed by atoms with van der Waals surface area (Å²) in [4.78, 5) is 33.5. The standard InChI is InChI=1S/C15H15N5O3/c21-12-2-1-11(17-12)15(22)20-7-10(8-20)14-18-13(19-23-14)9-3-5-16-6-4-9/h3-6,10-11H,1-2,7-8H2,(H,17,21). The predicted octanol–water partition coefficient (Wildman–Crippen LogP) is 0.336. The van der Waals surface area contributed by atoms with E-state index in [0.29, 0.717) is 37.6 Å². The van der Waals surface area contributed by atoms with Crippen LogP contribution < -0.4 is 5.32 Å². The second-order valence-corrected chi connectivity index (χ2v) is 5.79. The minimum absolute atomic E-state index is 0.0269. The molecule has 0 spiro atoms. The summed E-state index contributed by atoms with van der Waals surface area (Å²) in [6.45, 7) is 1.09. The van der Waals surface area contributed by atoms with Gasteiger partial charge in [-0.2, -0.15) is 4.98 Å². The third-order valence-electron chi connectivity index (χ3n) is 4.22. The number of aromatic nitrogens is 3. The highest BCUT2D eigenvalue weighted by molar-refractivity contribution is 5.91. The highest BCUT2D eigenvalue weighted by atomic mass is 16.5. The first-order valence-corrected chi connectivity index (χ1v) is 7.53. The van der Waals surface area contributed by atoms with Crippen molar-refractivity contribution in [1.29, 1.82) is 0 Å². The van der Waals surface area contributed by atoms with Gasteiger partial charge in [0.1, 0.15) is 6.04 Å². The van der Waals surface area contributed by atoms with Crippen LogP contribution in [-0.4, -0.2) is 51.0 Å². The van der Waals surface area contributed by atoms with Crippen LogP contribution in [0.15, 0.2) is 29.0 Å². The highest BCUT2D eigenvalue weighted by Crippen LogP contribution is 2.28. The molecule has 2 fully saturated rings. The van der Waals surface area contributed by atoms with E-state index < -0.39 is 0 Å². The smallest absolute Gasteiger partial charge is 0.245 e. The van der Waals surface area contributed by atoms with Gasteiger partial charge in [0, 0.05) is 37.5 Å². The van der Waals surface area contributed by atoms with Crippen LogP contribution in [0.3, 0.4) is 0 Å². The molecule has 0 radical (unpaired) electrons. The molecule has 2 saturated heterocycles. The molecule has 2 aliphatic rings. The molecule has 2 amide bonds. The van der Waals surface area contributed by atoms with Crippen molar-refractivity contribution in [3.05, 3.63) is 30.4 Å². The summed E-state index contributed by atoms with van der Waals surface area (Å²) in [5.41, 5.74) is 0.843. The van der Waals surface area contributed by atoms with E-state index in [4.69, 9.17) is 4.52 Å². The van der Waals surface area contributed by atoms with Gasteiger partial charge in [0.05, 0.1) is 5.92 Å². The molecule has 2 aromatic heterocycles. The van der Waals surface area contributed by atoms with Crippen molar-refractivity contribution in [3.63, 3.8) is 0 Å². The van der Waals surface area contributed by atoms with Crippen LogP contribution in [-0.2, 0) is 9.59 Å². The van der Waals surface area contributed by atoms with Crippen LogP contribution in [0.25, 0.3) is 11.4 Å². The van der Waals surface area contributed by atoms with Gasteiger partial charge in [0.25, 0.3) is 0 Å². The van der Waals surface area contributed by atoms with Gasteiger partial charge < -0.3 is 14.7 Å². The first-order valence-electron chi connectivity index (χ1n) is 7.53. The number of amides is 2. The lowest BCUT2D eigenvalue weighted by Crippen LogP contribution is -2.54. The minimum Gasteiger partial charge on any atom is -0.344 e. The van der Waals surface area contributed by atoms with Crippen molar-refractivity contribution in [3.8, 4) is 11.4 Å². The van der Waals surface area contributed by atoms with E-state index in [1.165, 1.54) is 0 Å². The predicted molar refractivity (Wildman–Crippen MR) is 78.0 cm³/mol. The number of likely N-dealkylation sites (tertiary alicyclic amines) is 1. The summed E-state index contributed by atoms with van der Waals surface area (Å²) in [5, 5.41) is 6.67. The second-order valence-electron chi connectivity index (χ2n) is 5.79. The summed E-state index contributed by atoms with van der Waals surface area (Å²) in [6.07, 6.45) is 4.34. The van der Waals surface area contributed by atoms with Crippen molar-refractivity contribution >= 4 is 11.8 Å². The van der Waals surface area contributed by atoms with Crippen molar-refractivity contribution in [1.82, 2.24) is 25.3 Å². The summed E-state index contributed by atoms with van der Waals surface area (Å²) < 4.78 is 5.30. The van der Waals surface area contributed by atoms with E-state index in [1.807, 2.05) is 12.1 Å². The molecule has 118 valence electrons. The van der Waals surface area contributed by atoms with Gasteiger partial charge in [0.2, 0.25) is 23.5 Å². The second kappa shape index (κ2) is 5.45.